The molecule has 4 aromatic rings. The molecule has 29 heavy (non-hydrogen) atoms. The van der Waals surface area contributed by atoms with Crippen molar-refractivity contribution in [1.29, 1.82) is 0 Å². The summed E-state index contributed by atoms with van der Waals surface area (Å²) in [6.45, 7) is 5.33. The minimum atomic E-state index is -0.0688. The average molecular weight is 455 g/mol. The molecule has 1 aliphatic heterocycles. The number of pyridine rings is 1. The van der Waals surface area contributed by atoms with Crippen molar-refractivity contribution in [3.8, 4) is 0 Å². The highest BCUT2D eigenvalue weighted by Crippen LogP contribution is 2.22. The summed E-state index contributed by atoms with van der Waals surface area (Å²) in [6.07, 6.45) is 7.05. The number of nitrogens with zero attached hydrogens (tertiary/aromatic N) is 8. The van der Waals surface area contributed by atoms with E-state index in [4.69, 9.17) is 0 Å². The molecule has 5 rings (SSSR count). The molecule has 1 aliphatic rings. The smallest absolute Gasteiger partial charge is 0.258 e. The molecule has 0 saturated carbocycles. The Morgan fingerprint density at radius 3 is 3.03 bits per heavy atom. The van der Waals surface area contributed by atoms with Crippen LogP contribution in [0, 0.1) is 0 Å². The highest BCUT2D eigenvalue weighted by Gasteiger charge is 2.27. The Balaban J connectivity index is 1.35. The van der Waals surface area contributed by atoms with Crippen molar-refractivity contribution in [2.24, 2.45) is 0 Å². The lowest BCUT2D eigenvalue weighted by atomic mass is 10.2. The third kappa shape index (κ3) is 3.38. The van der Waals surface area contributed by atoms with Gasteiger partial charge in [0.1, 0.15) is 12.0 Å². The highest BCUT2D eigenvalue weighted by molar-refractivity contribution is 9.10. The standard InChI is InChI=1S/C19H19BrN8O/c1-13-9-25(6-7-27(13)18-19-24-22-12-26(19)5-4-21-18)11-15-8-17(29)28-10-14(20)2-3-16(28)23-15/h2-5,8,10,12-13H,6-7,9,11H2,1H3. The van der Waals surface area contributed by atoms with E-state index < -0.39 is 0 Å². The van der Waals surface area contributed by atoms with Crippen LogP contribution in [0.25, 0.3) is 11.3 Å². The third-order valence-corrected chi connectivity index (χ3v) is 5.71. The molecule has 1 fully saturated rings. The fraction of sp³-hybridized carbons (Fsp3) is 0.316. The second-order valence-corrected chi connectivity index (χ2v) is 8.17. The molecule has 1 unspecified atom stereocenters. The van der Waals surface area contributed by atoms with Gasteiger partial charge in [0.05, 0.1) is 5.69 Å². The van der Waals surface area contributed by atoms with E-state index in [0.29, 0.717) is 12.2 Å². The van der Waals surface area contributed by atoms with Gasteiger partial charge in [-0.15, -0.1) is 10.2 Å². The van der Waals surface area contributed by atoms with E-state index in [-0.39, 0.29) is 11.6 Å². The van der Waals surface area contributed by atoms with Crippen molar-refractivity contribution in [2.45, 2.75) is 19.5 Å². The summed E-state index contributed by atoms with van der Waals surface area (Å²) in [5, 5.41) is 8.19. The largest absolute Gasteiger partial charge is 0.348 e. The Hall–Kier alpha value is -2.85. The SMILES string of the molecule is CC1CN(Cc2cc(=O)n3cc(Br)ccc3n2)CCN1c1nccn2cnnc12. The van der Waals surface area contributed by atoms with E-state index in [2.05, 4.69) is 52.8 Å². The van der Waals surface area contributed by atoms with Crippen LogP contribution < -0.4 is 10.5 Å². The lowest BCUT2D eigenvalue weighted by Gasteiger charge is -2.40. The number of hydrogen-bond donors (Lipinski definition) is 0. The summed E-state index contributed by atoms with van der Waals surface area (Å²) in [6, 6.07) is 5.61. The molecule has 1 saturated heterocycles. The van der Waals surface area contributed by atoms with E-state index in [0.717, 1.165) is 41.3 Å². The molecule has 0 N–H and O–H groups in total. The van der Waals surface area contributed by atoms with Crippen LogP contribution in [0.1, 0.15) is 12.6 Å². The Morgan fingerprint density at radius 1 is 1.28 bits per heavy atom. The van der Waals surface area contributed by atoms with Crippen LogP contribution in [0.2, 0.25) is 0 Å². The van der Waals surface area contributed by atoms with Crippen molar-refractivity contribution in [3.63, 3.8) is 0 Å². The molecule has 0 spiro atoms. The van der Waals surface area contributed by atoms with Gasteiger partial charge in [-0.1, -0.05) is 0 Å². The maximum atomic E-state index is 12.4. The van der Waals surface area contributed by atoms with Gasteiger partial charge in [-0.05, 0) is 35.0 Å². The lowest BCUT2D eigenvalue weighted by Crippen LogP contribution is -2.52. The van der Waals surface area contributed by atoms with Gasteiger partial charge >= 0.3 is 0 Å². The maximum absolute atomic E-state index is 12.4. The molecule has 5 heterocycles. The van der Waals surface area contributed by atoms with Crippen molar-refractivity contribution in [2.75, 3.05) is 24.5 Å². The van der Waals surface area contributed by atoms with Crippen LogP contribution in [-0.2, 0) is 6.54 Å². The molecule has 4 aromatic heterocycles. The molecule has 9 nitrogen and oxygen atoms in total. The first-order chi connectivity index (χ1) is 14.1. The number of hydrogen-bond acceptors (Lipinski definition) is 7. The summed E-state index contributed by atoms with van der Waals surface area (Å²) >= 11 is 3.39. The molecular weight excluding hydrogens is 436 g/mol. The Morgan fingerprint density at radius 2 is 2.17 bits per heavy atom. The van der Waals surface area contributed by atoms with Gasteiger partial charge in [0.15, 0.2) is 5.82 Å². The Kier molecular flexibility index (Phi) is 4.51. The fourth-order valence-corrected chi connectivity index (χ4v) is 4.21. The van der Waals surface area contributed by atoms with Crippen molar-refractivity contribution in [1.82, 2.24) is 33.9 Å². The first-order valence-corrected chi connectivity index (χ1v) is 10.2. The van der Waals surface area contributed by atoms with E-state index >= 15 is 0 Å². The van der Waals surface area contributed by atoms with Crippen LogP contribution in [0.5, 0.6) is 0 Å². The minimum Gasteiger partial charge on any atom is -0.348 e. The van der Waals surface area contributed by atoms with Gasteiger partial charge in [-0.25, -0.2) is 9.97 Å². The molecule has 10 heteroatoms. The molecule has 0 aliphatic carbocycles. The van der Waals surface area contributed by atoms with E-state index in [1.54, 1.807) is 29.2 Å². The van der Waals surface area contributed by atoms with Crippen LogP contribution >= 0.6 is 15.9 Å². The predicted octanol–water partition coefficient (Wildman–Crippen LogP) is 1.61. The zero-order valence-corrected chi connectivity index (χ0v) is 17.4. The van der Waals surface area contributed by atoms with Gasteiger partial charge in [0.2, 0.25) is 5.65 Å². The number of aromatic nitrogens is 6. The number of rotatable bonds is 3. The summed E-state index contributed by atoms with van der Waals surface area (Å²) in [5.41, 5.74) is 2.14. The summed E-state index contributed by atoms with van der Waals surface area (Å²) in [5.74, 6) is 0.852. The minimum absolute atomic E-state index is 0.0688. The number of halogens is 1. The molecule has 0 amide bonds. The predicted molar refractivity (Wildman–Crippen MR) is 112 cm³/mol. The molecule has 1 atom stereocenters. The van der Waals surface area contributed by atoms with Crippen molar-refractivity contribution < 1.29 is 0 Å². The number of fused-ring (bicyclic) bond motifs is 2. The first kappa shape index (κ1) is 18.2. The van der Waals surface area contributed by atoms with Gasteiger partial charge in [0, 0.05) is 61.4 Å². The second kappa shape index (κ2) is 7.20. The number of anilines is 1. The topological polar surface area (TPSA) is 83.9 Å². The van der Waals surface area contributed by atoms with Crippen LogP contribution in [0.4, 0.5) is 5.82 Å². The summed E-state index contributed by atoms with van der Waals surface area (Å²) < 4.78 is 4.29. The molecule has 148 valence electrons. The van der Waals surface area contributed by atoms with Gasteiger partial charge in [0.25, 0.3) is 5.56 Å². The fourth-order valence-electron chi connectivity index (χ4n) is 3.88. The molecule has 0 aromatic carbocycles. The van der Waals surface area contributed by atoms with Crippen LogP contribution in [-0.4, -0.2) is 59.5 Å². The van der Waals surface area contributed by atoms with Crippen LogP contribution in [0.15, 0.2) is 52.4 Å². The monoisotopic (exact) mass is 454 g/mol. The van der Waals surface area contributed by atoms with E-state index in [1.807, 2.05) is 22.7 Å². The van der Waals surface area contributed by atoms with Gasteiger partial charge in [-0.2, -0.15) is 0 Å². The van der Waals surface area contributed by atoms with Crippen molar-refractivity contribution in [3.05, 3.63) is 63.6 Å². The maximum Gasteiger partial charge on any atom is 0.258 e. The number of piperazine rings is 1. The van der Waals surface area contributed by atoms with Gasteiger partial charge < -0.3 is 4.90 Å². The Bertz CT molecular complexity index is 1250. The zero-order valence-electron chi connectivity index (χ0n) is 15.8. The third-order valence-electron chi connectivity index (χ3n) is 5.24. The molecule has 0 radical (unpaired) electrons. The van der Waals surface area contributed by atoms with E-state index in [9.17, 15) is 4.79 Å². The highest BCUT2D eigenvalue weighted by atomic mass is 79.9. The van der Waals surface area contributed by atoms with Crippen molar-refractivity contribution >= 4 is 33.0 Å². The average Bonchev–Trinajstić information content (AvgIpc) is 3.18. The summed E-state index contributed by atoms with van der Waals surface area (Å²) in [4.78, 5) is 26.2. The summed E-state index contributed by atoms with van der Waals surface area (Å²) in [7, 11) is 0. The quantitative estimate of drug-likeness (QED) is 0.464. The first-order valence-electron chi connectivity index (χ1n) is 9.40. The lowest BCUT2D eigenvalue weighted by molar-refractivity contribution is 0.218. The van der Waals surface area contributed by atoms with Gasteiger partial charge in [-0.3, -0.25) is 18.5 Å². The van der Waals surface area contributed by atoms with E-state index in [1.165, 1.54) is 0 Å². The Labute approximate surface area is 174 Å². The zero-order chi connectivity index (χ0) is 20.0. The normalized spacial score (nSPS) is 18.0. The second-order valence-electron chi connectivity index (χ2n) is 7.25. The molecule has 0 bridgehead atoms. The van der Waals surface area contributed by atoms with Crippen LogP contribution in [0.3, 0.4) is 0 Å². The molecular formula is C19H19BrN8O.